The Balaban J connectivity index is 3.05. The number of halogens is 2. The van der Waals surface area contributed by atoms with E-state index in [4.69, 9.17) is 28.9 Å². The maximum atomic E-state index is 12.1. The molecule has 0 fully saturated rings. The third-order valence-electron chi connectivity index (χ3n) is 2.43. The van der Waals surface area contributed by atoms with Gasteiger partial charge in [0.1, 0.15) is 4.90 Å². The summed E-state index contributed by atoms with van der Waals surface area (Å²) in [6, 6.07) is 2.61. The van der Waals surface area contributed by atoms with Crippen LogP contribution in [0, 0.1) is 0 Å². The Morgan fingerprint density at radius 3 is 2.47 bits per heavy atom. The number of sulfonamides is 1. The Kier molecular flexibility index (Phi) is 5.64. The molecule has 1 aromatic carbocycles. The minimum Gasteiger partial charge on any atom is -0.398 e. The fourth-order valence-corrected chi connectivity index (χ4v) is 3.82. The number of benzene rings is 1. The Morgan fingerprint density at radius 2 is 2.00 bits per heavy atom. The van der Waals surface area contributed by atoms with Crippen LogP contribution in [0.15, 0.2) is 17.0 Å². The highest BCUT2D eigenvalue weighted by molar-refractivity contribution is 7.90. The van der Waals surface area contributed by atoms with Gasteiger partial charge in [0.05, 0.1) is 10.7 Å². The van der Waals surface area contributed by atoms with Crippen molar-refractivity contribution < 1.29 is 12.6 Å². The van der Waals surface area contributed by atoms with Crippen molar-refractivity contribution in [1.29, 1.82) is 0 Å². The number of nitrogens with one attached hydrogen (secondary N) is 1. The second-order valence-corrected chi connectivity index (χ2v) is 8.32. The maximum Gasteiger partial charge on any atom is 0.244 e. The molecule has 2 unspecified atom stereocenters. The largest absolute Gasteiger partial charge is 0.398 e. The van der Waals surface area contributed by atoms with Crippen molar-refractivity contribution in [3.63, 3.8) is 0 Å². The first kappa shape index (κ1) is 16.7. The molecule has 0 aliphatic heterocycles. The van der Waals surface area contributed by atoms with Crippen LogP contribution in [0.2, 0.25) is 10.0 Å². The summed E-state index contributed by atoms with van der Waals surface area (Å²) in [5, 5.41) is -0.116. The molecule has 5 nitrogen and oxygen atoms in total. The van der Waals surface area contributed by atoms with Crippen LogP contribution in [0.25, 0.3) is 0 Å². The van der Waals surface area contributed by atoms with Gasteiger partial charge < -0.3 is 5.73 Å². The van der Waals surface area contributed by atoms with E-state index in [-0.39, 0.29) is 32.4 Å². The van der Waals surface area contributed by atoms with Gasteiger partial charge >= 0.3 is 0 Å². The molecule has 1 rings (SSSR count). The molecule has 0 saturated heterocycles. The van der Waals surface area contributed by atoms with Crippen LogP contribution >= 0.6 is 23.2 Å². The molecular formula is C10H14Cl2N2O3S2. The summed E-state index contributed by atoms with van der Waals surface area (Å²) in [4.78, 5) is -0.215. The lowest BCUT2D eigenvalue weighted by molar-refractivity contribution is 0.581. The summed E-state index contributed by atoms with van der Waals surface area (Å²) in [6.07, 6.45) is 1.50. The molecule has 9 heteroatoms. The highest BCUT2D eigenvalue weighted by Crippen LogP contribution is 2.30. The SMILES string of the molecule is CC(CNS(=O)(=O)c1c(N)cc(Cl)cc1Cl)S(C)=O. The molecule has 0 radical (unpaired) electrons. The topological polar surface area (TPSA) is 89.3 Å². The molecule has 0 aromatic heterocycles. The van der Waals surface area contributed by atoms with Crippen molar-refractivity contribution >= 4 is 49.7 Å². The minimum atomic E-state index is -3.87. The second kappa shape index (κ2) is 6.41. The molecule has 19 heavy (non-hydrogen) atoms. The van der Waals surface area contributed by atoms with Crippen molar-refractivity contribution in [1.82, 2.24) is 4.72 Å². The first-order valence-electron chi connectivity index (χ1n) is 5.21. The van der Waals surface area contributed by atoms with Crippen LogP contribution in [-0.4, -0.2) is 30.7 Å². The Hall–Kier alpha value is -0.340. The van der Waals surface area contributed by atoms with Crippen LogP contribution in [0.3, 0.4) is 0 Å². The van der Waals surface area contributed by atoms with E-state index in [1.165, 1.54) is 18.4 Å². The Morgan fingerprint density at radius 1 is 1.42 bits per heavy atom. The van der Waals surface area contributed by atoms with Crippen molar-refractivity contribution in [2.24, 2.45) is 0 Å². The highest BCUT2D eigenvalue weighted by atomic mass is 35.5. The number of nitrogen functional groups attached to an aromatic ring is 1. The summed E-state index contributed by atoms with van der Waals surface area (Å²) >= 11 is 11.6. The van der Waals surface area contributed by atoms with Crippen LogP contribution in [0.5, 0.6) is 0 Å². The zero-order valence-electron chi connectivity index (χ0n) is 10.3. The lowest BCUT2D eigenvalue weighted by Gasteiger charge is -2.13. The van der Waals surface area contributed by atoms with E-state index in [9.17, 15) is 12.6 Å². The van der Waals surface area contributed by atoms with Crippen LogP contribution in [-0.2, 0) is 20.8 Å². The number of nitrogens with two attached hydrogens (primary N) is 1. The normalized spacial score (nSPS) is 15.2. The van der Waals surface area contributed by atoms with Crippen molar-refractivity contribution in [3.05, 3.63) is 22.2 Å². The van der Waals surface area contributed by atoms with Gasteiger partial charge in [0, 0.05) is 33.9 Å². The van der Waals surface area contributed by atoms with E-state index in [2.05, 4.69) is 4.72 Å². The third kappa shape index (κ3) is 4.32. The van der Waals surface area contributed by atoms with Crippen molar-refractivity contribution in [2.45, 2.75) is 17.1 Å². The van der Waals surface area contributed by atoms with E-state index in [1.807, 2.05) is 0 Å². The van der Waals surface area contributed by atoms with Gasteiger partial charge in [-0.3, -0.25) is 4.21 Å². The molecule has 0 bridgehead atoms. The molecule has 1 aromatic rings. The predicted molar refractivity (Wildman–Crippen MR) is 79.6 cm³/mol. The average molecular weight is 345 g/mol. The predicted octanol–water partition coefficient (Wildman–Crippen LogP) is 1.62. The first-order chi connectivity index (χ1) is 8.65. The van der Waals surface area contributed by atoms with Crippen LogP contribution in [0.4, 0.5) is 5.69 Å². The maximum absolute atomic E-state index is 12.1. The fourth-order valence-electron chi connectivity index (χ4n) is 1.28. The summed E-state index contributed by atoms with van der Waals surface area (Å²) in [7, 11) is -5.00. The zero-order chi connectivity index (χ0) is 14.8. The molecule has 3 N–H and O–H groups in total. The molecule has 0 spiro atoms. The van der Waals surface area contributed by atoms with Gasteiger partial charge in [-0.2, -0.15) is 0 Å². The molecule has 0 aliphatic carbocycles. The van der Waals surface area contributed by atoms with Crippen LogP contribution in [0.1, 0.15) is 6.92 Å². The summed E-state index contributed by atoms with van der Waals surface area (Å²) < 4.78 is 37.7. The van der Waals surface area contributed by atoms with Gasteiger partial charge in [-0.15, -0.1) is 0 Å². The number of hydrogen-bond donors (Lipinski definition) is 2. The number of anilines is 1. The minimum absolute atomic E-state index is 0.0316. The standard InChI is InChI=1S/C10H14Cl2N2O3S2/c1-6(18(2)15)5-14-19(16,17)10-8(12)3-7(11)4-9(10)13/h3-4,6,14H,5,13H2,1-2H3. The lowest BCUT2D eigenvalue weighted by atomic mass is 10.3. The molecule has 108 valence electrons. The molecule has 0 saturated carbocycles. The molecule has 0 heterocycles. The number of rotatable bonds is 5. The molecule has 0 aliphatic rings. The van der Waals surface area contributed by atoms with Gasteiger partial charge in [-0.05, 0) is 19.1 Å². The van der Waals surface area contributed by atoms with Gasteiger partial charge in [0.15, 0.2) is 0 Å². The van der Waals surface area contributed by atoms with Crippen molar-refractivity contribution in [3.8, 4) is 0 Å². The first-order valence-corrected chi connectivity index (χ1v) is 9.07. The van der Waals surface area contributed by atoms with Crippen LogP contribution < -0.4 is 10.5 Å². The van der Waals surface area contributed by atoms with E-state index in [1.54, 1.807) is 6.92 Å². The van der Waals surface area contributed by atoms with E-state index < -0.39 is 20.8 Å². The third-order valence-corrected chi connectivity index (χ3v) is 5.90. The lowest BCUT2D eigenvalue weighted by Crippen LogP contribution is -2.33. The summed E-state index contributed by atoms with van der Waals surface area (Å²) in [6.45, 7) is 1.70. The van der Waals surface area contributed by atoms with E-state index >= 15 is 0 Å². The van der Waals surface area contributed by atoms with Gasteiger partial charge in [-0.25, -0.2) is 13.1 Å². The summed E-state index contributed by atoms with van der Waals surface area (Å²) in [5.41, 5.74) is 5.59. The van der Waals surface area contributed by atoms with Gasteiger partial charge in [0.2, 0.25) is 10.0 Å². The summed E-state index contributed by atoms with van der Waals surface area (Å²) in [5.74, 6) is 0. The van der Waals surface area contributed by atoms with Gasteiger partial charge in [0.25, 0.3) is 0 Å². The monoisotopic (exact) mass is 344 g/mol. The quantitative estimate of drug-likeness (QED) is 0.794. The molecule has 0 amide bonds. The Labute approximate surface area is 125 Å². The highest BCUT2D eigenvalue weighted by Gasteiger charge is 2.22. The number of hydrogen-bond acceptors (Lipinski definition) is 4. The van der Waals surface area contributed by atoms with E-state index in [0.29, 0.717) is 0 Å². The van der Waals surface area contributed by atoms with Crippen molar-refractivity contribution in [2.75, 3.05) is 18.5 Å². The van der Waals surface area contributed by atoms with Gasteiger partial charge in [-0.1, -0.05) is 23.2 Å². The van der Waals surface area contributed by atoms with E-state index in [0.717, 1.165) is 0 Å². The average Bonchev–Trinajstić information content (AvgIpc) is 2.23. The second-order valence-electron chi connectivity index (χ2n) is 3.97. The Bertz CT molecular complexity index is 582. The fraction of sp³-hybridized carbons (Fsp3) is 0.400. The molecule has 2 atom stereocenters. The smallest absolute Gasteiger partial charge is 0.244 e. The molecular weight excluding hydrogens is 331 g/mol. The zero-order valence-corrected chi connectivity index (χ0v) is 13.5.